The van der Waals surface area contributed by atoms with E-state index in [4.69, 9.17) is 5.11 Å². The lowest BCUT2D eigenvalue weighted by Gasteiger charge is -2.27. The van der Waals surface area contributed by atoms with Gasteiger partial charge in [0.2, 0.25) is 0 Å². The van der Waals surface area contributed by atoms with Gasteiger partial charge < -0.3 is 0 Å². The van der Waals surface area contributed by atoms with Crippen molar-refractivity contribution in [3.05, 3.63) is 96.6 Å². The summed E-state index contributed by atoms with van der Waals surface area (Å²) in [5.74, 6) is 0. The van der Waals surface area contributed by atoms with E-state index >= 15 is 0 Å². The van der Waals surface area contributed by atoms with Gasteiger partial charge in [0.25, 0.3) is 0 Å². The van der Waals surface area contributed by atoms with Gasteiger partial charge in [-0.05, 0) is 64.8 Å². The van der Waals surface area contributed by atoms with Crippen molar-refractivity contribution < 1.29 is 0 Å². The molecular formula is C29H36N2S. The maximum absolute atomic E-state index is 4.74. The molecule has 0 aliphatic carbocycles. The Balaban J connectivity index is 0.00000176. The van der Waals surface area contributed by atoms with Crippen LogP contribution in [0.2, 0.25) is 0 Å². The third kappa shape index (κ3) is 6.67. The molecule has 3 aromatic rings. The number of hydrogen-bond donors (Lipinski definition) is 0. The lowest BCUT2D eigenvalue weighted by molar-refractivity contribution is 0.566. The highest BCUT2D eigenvalue weighted by molar-refractivity contribution is 7.99. The summed E-state index contributed by atoms with van der Waals surface area (Å²) in [6.07, 6.45) is 0. The quantitative estimate of drug-likeness (QED) is 0.290. The third-order valence-electron chi connectivity index (χ3n) is 5.16. The topological polar surface area (TPSA) is 24.7 Å². The zero-order chi connectivity index (χ0) is 23.9. The second-order valence-electron chi connectivity index (χ2n) is 9.75. The van der Waals surface area contributed by atoms with Crippen molar-refractivity contribution in [3.8, 4) is 0 Å². The molecule has 0 aliphatic rings. The smallest absolute Gasteiger partial charge is 0.0996 e. The molecule has 0 unspecified atom stereocenters. The Bertz CT molecular complexity index is 1050. The minimum Gasteiger partial charge on any atom is -0.150 e. The zero-order valence-corrected chi connectivity index (χ0v) is 21.4. The molecule has 0 aromatic heterocycles. The van der Waals surface area contributed by atoms with Crippen LogP contribution < -0.4 is 0 Å². The highest BCUT2D eigenvalue weighted by atomic mass is 32.2. The van der Waals surface area contributed by atoms with Crippen molar-refractivity contribution in [2.24, 2.45) is 10.2 Å². The number of hydrogen-bond acceptors (Lipinski definition) is 3. The highest BCUT2D eigenvalue weighted by Crippen LogP contribution is 2.39. The van der Waals surface area contributed by atoms with Crippen LogP contribution in [0.3, 0.4) is 0 Å². The van der Waals surface area contributed by atoms with Crippen molar-refractivity contribution in [2.75, 3.05) is 0 Å². The van der Waals surface area contributed by atoms with Crippen LogP contribution in [-0.2, 0) is 10.8 Å². The van der Waals surface area contributed by atoms with Crippen LogP contribution in [0.1, 0.15) is 58.2 Å². The minimum absolute atomic E-state index is 0.0523. The molecule has 168 valence electrons. The fraction of sp³-hybridized carbons (Fsp3) is 0.310. The Morgan fingerprint density at radius 3 is 1.84 bits per heavy atom. The Kier molecular flexibility index (Phi) is 8.63. The highest BCUT2D eigenvalue weighted by Gasteiger charge is 2.23. The molecule has 0 amide bonds. The SMILES string of the molecule is C=C.Cc1c(N=Nc2ccccc2Sc2ccccc2)cc(C(C)(C)C)cc1C(C)(C)C. The minimum atomic E-state index is 0.0523. The molecule has 0 bridgehead atoms. The first-order chi connectivity index (χ1) is 15.1. The van der Waals surface area contributed by atoms with Gasteiger partial charge in [0.1, 0.15) is 0 Å². The van der Waals surface area contributed by atoms with Gasteiger partial charge in [0.15, 0.2) is 0 Å². The van der Waals surface area contributed by atoms with E-state index in [1.807, 2.05) is 24.3 Å². The first-order valence-electron chi connectivity index (χ1n) is 10.9. The van der Waals surface area contributed by atoms with Gasteiger partial charge in [-0.25, -0.2) is 0 Å². The molecule has 32 heavy (non-hydrogen) atoms. The predicted molar refractivity (Wildman–Crippen MR) is 141 cm³/mol. The summed E-state index contributed by atoms with van der Waals surface area (Å²) >= 11 is 1.71. The van der Waals surface area contributed by atoms with E-state index < -0.39 is 0 Å². The molecule has 0 aliphatic heterocycles. The second kappa shape index (κ2) is 10.8. The van der Waals surface area contributed by atoms with Crippen molar-refractivity contribution >= 4 is 23.1 Å². The van der Waals surface area contributed by atoms with Gasteiger partial charge in [-0.15, -0.1) is 18.3 Å². The van der Waals surface area contributed by atoms with Crippen LogP contribution in [0.4, 0.5) is 11.4 Å². The van der Waals surface area contributed by atoms with E-state index in [1.165, 1.54) is 21.6 Å². The molecule has 2 nitrogen and oxygen atoms in total. The summed E-state index contributed by atoms with van der Waals surface area (Å²) in [7, 11) is 0. The van der Waals surface area contributed by atoms with Crippen molar-refractivity contribution in [2.45, 2.75) is 69.1 Å². The van der Waals surface area contributed by atoms with Crippen LogP contribution in [0.15, 0.2) is 99.9 Å². The van der Waals surface area contributed by atoms with Gasteiger partial charge in [-0.1, -0.05) is 89.7 Å². The summed E-state index contributed by atoms with van der Waals surface area (Å²) in [6, 6.07) is 23.1. The molecule has 3 rings (SSSR count). The normalized spacial score (nSPS) is 11.8. The summed E-state index contributed by atoms with van der Waals surface area (Å²) in [6.45, 7) is 21.7. The molecule has 0 radical (unpaired) electrons. The predicted octanol–water partition coefficient (Wildman–Crippen LogP) is 9.96. The third-order valence-corrected chi connectivity index (χ3v) is 6.23. The fourth-order valence-corrected chi connectivity index (χ4v) is 4.27. The molecule has 0 spiro atoms. The van der Waals surface area contributed by atoms with Gasteiger partial charge in [0.05, 0.1) is 11.4 Å². The number of benzene rings is 3. The average molecular weight is 445 g/mol. The number of nitrogens with zero attached hydrogens (tertiary/aromatic N) is 2. The van der Waals surface area contributed by atoms with Crippen LogP contribution in [0.25, 0.3) is 0 Å². The van der Waals surface area contributed by atoms with E-state index in [0.29, 0.717) is 0 Å². The lowest BCUT2D eigenvalue weighted by Crippen LogP contribution is -2.17. The summed E-state index contributed by atoms with van der Waals surface area (Å²) < 4.78 is 0. The summed E-state index contributed by atoms with van der Waals surface area (Å²) in [5.41, 5.74) is 5.77. The maximum Gasteiger partial charge on any atom is 0.0996 e. The summed E-state index contributed by atoms with van der Waals surface area (Å²) in [4.78, 5) is 2.30. The average Bonchev–Trinajstić information content (AvgIpc) is 2.74. The molecule has 3 heteroatoms. The lowest BCUT2D eigenvalue weighted by atomic mass is 9.78. The largest absolute Gasteiger partial charge is 0.150 e. The van der Waals surface area contributed by atoms with Crippen molar-refractivity contribution in [1.82, 2.24) is 0 Å². The van der Waals surface area contributed by atoms with Gasteiger partial charge >= 0.3 is 0 Å². The van der Waals surface area contributed by atoms with Gasteiger partial charge in [-0.3, -0.25) is 0 Å². The molecule has 0 N–H and O–H groups in total. The van der Waals surface area contributed by atoms with Crippen LogP contribution in [-0.4, -0.2) is 0 Å². The van der Waals surface area contributed by atoms with Crippen LogP contribution in [0, 0.1) is 6.92 Å². The Morgan fingerprint density at radius 2 is 1.25 bits per heavy atom. The number of rotatable bonds is 4. The van der Waals surface area contributed by atoms with E-state index in [2.05, 4.69) is 109 Å². The van der Waals surface area contributed by atoms with Crippen molar-refractivity contribution in [1.29, 1.82) is 0 Å². The van der Waals surface area contributed by atoms with Gasteiger partial charge in [-0.2, -0.15) is 5.11 Å². The maximum atomic E-state index is 4.74. The van der Waals surface area contributed by atoms with E-state index in [1.54, 1.807) is 11.8 Å². The molecule has 0 atom stereocenters. The van der Waals surface area contributed by atoms with Crippen LogP contribution >= 0.6 is 11.8 Å². The molecule has 0 heterocycles. The monoisotopic (exact) mass is 444 g/mol. The van der Waals surface area contributed by atoms with Crippen LogP contribution in [0.5, 0.6) is 0 Å². The second-order valence-corrected chi connectivity index (χ2v) is 10.9. The first-order valence-corrected chi connectivity index (χ1v) is 11.8. The molecule has 3 aromatic carbocycles. The molecule has 0 fully saturated rings. The summed E-state index contributed by atoms with van der Waals surface area (Å²) in [5, 5.41) is 9.42. The van der Waals surface area contributed by atoms with E-state index in [-0.39, 0.29) is 10.8 Å². The Hall–Kier alpha value is -2.65. The van der Waals surface area contributed by atoms with Gasteiger partial charge in [0, 0.05) is 9.79 Å². The fourth-order valence-electron chi connectivity index (χ4n) is 3.36. The van der Waals surface area contributed by atoms with Crippen molar-refractivity contribution in [3.63, 3.8) is 0 Å². The first kappa shape index (κ1) is 25.6. The zero-order valence-electron chi connectivity index (χ0n) is 20.6. The van der Waals surface area contributed by atoms with E-state index in [9.17, 15) is 0 Å². The molecular weight excluding hydrogens is 408 g/mol. The molecule has 0 saturated carbocycles. The molecule has 0 saturated heterocycles. The Morgan fingerprint density at radius 1 is 0.688 bits per heavy atom. The number of azo groups is 1. The Labute approximate surface area is 198 Å². The standard InChI is InChI=1S/C27H32N2S.C2H4/c1-19-22(27(5,6)7)17-20(26(2,3)4)18-24(19)29-28-23-15-11-12-16-25(23)30-21-13-9-8-10-14-21;1-2/h8-18H,1-7H3;1-2H2. The van der Waals surface area contributed by atoms with E-state index in [0.717, 1.165) is 16.3 Å².